The number of likely N-dealkylation sites (tertiary alicyclic amines) is 1. The molecule has 132 valence electrons. The Bertz CT molecular complexity index is 813. The number of pyridine rings is 1. The summed E-state index contributed by atoms with van der Waals surface area (Å²) in [6.07, 6.45) is 3.54. The molecule has 1 aliphatic rings. The van der Waals surface area contributed by atoms with Crippen LogP contribution in [0.4, 0.5) is 0 Å². The number of hydrogen-bond acceptors (Lipinski definition) is 3. The number of rotatable bonds is 5. The highest BCUT2D eigenvalue weighted by Gasteiger charge is 2.27. The third-order valence-corrected chi connectivity index (χ3v) is 4.86. The van der Waals surface area contributed by atoms with E-state index in [1.54, 1.807) is 16.8 Å². The first-order chi connectivity index (χ1) is 12.1. The molecule has 1 aromatic carbocycles. The summed E-state index contributed by atoms with van der Waals surface area (Å²) in [5.41, 5.74) is 2.44. The summed E-state index contributed by atoms with van der Waals surface area (Å²) in [6.45, 7) is 3.98. The quantitative estimate of drug-likeness (QED) is 0.906. The molecule has 0 saturated carbocycles. The minimum Gasteiger partial charge on any atom is -0.392 e. The van der Waals surface area contributed by atoms with Crippen molar-refractivity contribution in [3.8, 4) is 0 Å². The van der Waals surface area contributed by atoms with Crippen molar-refractivity contribution in [2.24, 2.45) is 5.92 Å². The Morgan fingerprint density at radius 1 is 1.24 bits per heavy atom. The van der Waals surface area contributed by atoms with Crippen LogP contribution in [0.1, 0.15) is 34.8 Å². The molecule has 3 rings (SSSR count). The predicted octanol–water partition coefficient (Wildman–Crippen LogP) is 2.07. The fourth-order valence-electron chi connectivity index (χ4n) is 3.46. The van der Waals surface area contributed by atoms with Gasteiger partial charge in [-0.2, -0.15) is 0 Å². The highest BCUT2D eigenvalue weighted by Crippen LogP contribution is 2.22. The Labute approximate surface area is 147 Å². The van der Waals surface area contributed by atoms with Crippen molar-refractivity contribution in [3.63, 3.8) is 0 Å². The molecule has 2 aromatic rings. The minimum absolute atomic E-state index is 0.0480. The van der Waals surface area contributed by atoms with E-state index in [1.165, 1.54) is 11.6 Å². The van der Waals surface area contributed by atoms with Crippen LogP contribution in [0.15, 0.2) is 47.4 Å². The van der Waals surface area contributed by atoms with E-state index in [0.717, 1.165) is 24.9 Å². The van der Waals surface area contributed by atoms with Gasteiger partial charge in [-0.05, 0) is 42.9 Å². The summed E-state index contributed by atoms with van der Waals surface area (Å²) in [6, 6.07) is 11.1. The highest BCUT2D eigenvalue weighted by molar-refractivity contribution is 5.94. The average Bonchev–Trinajstić information content (AvgIpc) is 3.09. The van der Waals surface area contributed by atoms with Gasteiger partial charge in [-0.1, -0.05) is 24.3 Å². The Morgan fingerprint density at radius 3 is 2.76 bits per heavy atom. The second kappa shape index (κ2) is 7.66. The number of aryl methyl sites for hydroxylation is 1. The van der Waals surface area contributed by atoms with Crippen LogP contribution in [0.5, 0.6) is 0 Å². The second-order valence-corrected chi connectivity index (χ2v) is 6.63. The van der Waals surface area contributed by atoms with Crippen molar-refractivity contribution in [1.29, 1.82) is 0 Å². The molecule has 0 spiro atoms. The molecule has 5 heteroatoms. The molecule has 1 saturated heterocycles. The Morgan fingerprint density at radius 2 is 2.04 bits per heavy atom. The van der Waals surface area contributed by atoms with Crippen molar-refractivity contribution in [2.45, 2.75) is 32.9 Å². The van der Waals surface area contributed by atoms with Crippen LogP contribution >= 0.6 is 0 Å². The number of aliphatic hydroxyl groups is 1. The van der Waals surface area contributed by atoms with Crippen LogP contribution in [-0.2, 0) is 19.6 Å². The third-order valence-electron chi connectivity index (χ3n) is 4.86. The van der Waals surface area contributed by atoms with E-state index in [-0.39, 0.29) is 18.1 Å². The minimum atomic E-state index is -0.134. The van der Waals surface area contributed by atoms with Crippen LogP contribution in [0.25, 0.3) is 0 Å². The molecule has 0 unspecified atom stereocenters. The first-order valence-electron chi connectivity index (χ1n) is 8.79. The van der Waals surface area contributed by atoms with Crippen molar-refractivity contribution >= 4 is 5.91 Å². The van der Waals surface area contributed by atoms with E-state index in [9.17, 15) is 14.7 Å². The van der Waals surface area contributed by atoms with Gasteiger partial charge in [0.2, 0.25) is 0 Å². The first kappa shape index (κ1) is 17.4. The maximum Gasteiger partial charge on any atom is 0.254 e. The summed E-state index contributed by atoms with van der Waals surface area (Å²) in [7, 11) is 0. The van der Waals surface area contributed by atoms with Gasteiger partial charge in [0.25, 0.3) is 11.5 Å². The molecule has 0 bridgehead atoms. The van der Waals surface area contributed by atoms with Crippen molar-refractivity contribution in [1.82, 2.24) is 9.47 Å². The first-order valence-corrected chi connectivity index (χ1v) is 8.79. The van der Waals surface area contributed by atoms with E-state index in [2.05, 4.69) is 6.07 Å². The molecule has 0 radical (unpaired) electrons. The molecule has 1 N–H and O–H groups in total. The van der Waals surface area contributed by atoms with Gasteiger partial charge in [0.1, 0.15) is 0 Å². The maximum absolute atomic E-state index is 12.6. The zero-order valence-corrected chi connectivity index (χ0v) is 14.5. The normalized spacial score (nSPS) is 17.0. The monoisotopic (exact) mass is 340 g/mol. The molecule has 25 heavy (non-hydrogen) atoms. The molecule has 1 amide bonds. The fraction of sp³-hybridized carbons (Fsp3) is 0.400. The predicted molar refractivity (Wildman–Crippen MR) is 96.5 cm³/mol. The number of aliphatic hydroxyl groups excluding tert-OH is 1. The topological polar surface area (TPSA) is 62.5 Å². The summed E-state index contributed by atoms with van der Waals surface area (Å²) in [5.74, 6) is 0.348. The molecule has 0 aliphatic carbocycles. The number of aromatic nitrogens is 1. The fourth-order valence-corrected chi connectivity index (χ4v) is 3.46. The van der Waals surface area contributed by atoms with Gasteiger partial charge >= 0.3 is 0 Å². The van der Waals surface area contributed by atoms with Crippen LogP contribution in [0, 0.1) is 5.92 Å². The summed E-state index contributed by atoms with van der Waals surface area (Å²) in [5, 5.41) is 9.24. The van der Waals surface area contributed by atoms with Crippen LogP contribution < -0.4 is 5.56 Å². The highest BCUT2D eigenvalue weighted by atomic mass is 16.3. The van der Waals surface area contributed by atoms with Crippen molar-refractivity contribution < 1.29 is 9.90 Å². The van der Waals surface area contributed by atoms with Gasteiger partial charge in [0.05, 0.1) is 6.61 Å². The van der Waals surface area contributed by atoms with Gasteiger partial charge in [0, 0.05) is 37.5 Å². The second-order valence-electron chi connectivity index (χ2n) is 6.63. The lowest BCUT2D eigenvalue weighted by Gasteiger charge is -2.17. The molecule has 2 heterocycles. The number of nitrogens with zero attached hydrogens (tertiary/aromatic N) is 2. The Balaban J connectivity index is 1.64. The summed E-state index contributed by atoms with van der Waals surface area (Å²) >= 11 is 0. The lowest BCUT2D eigenvalue weighted by molar-refractivity contribution is 0.0786. The van der Waals surface area contributed by atoms with Gasteiger partial charge in [0.15, 0.2) is 0 Å². The number of carbonyl (C=O) groups excluding carboxylic acids is 1. The molecule has 1 fully saturated rings. The zero-order chi connectivity index (χ0) is 17.8. The van der Waals surface area contributed by atoms with Crippen molar-refractivity contribution in [2.75, 3.05) is 13.1 Å². The standard InChI is InChI=1S/C20H24N2O3/c1-2-21-9-7-18(12-19(21)24)20(25)22-8-6-16(13-22)10-15-4-3-5-17(11-15)14-23/h3-5,7,9,11-12,16,23H,2,6,8,10,13-14H2,1H3/t16-/m1/s1. The Kier molecular flexibility index (Phi) is 5.34. The summed E-state index contributed by atoms with van der Waals surface area (Å²) in [4.78, 5) is 26.4. The number of carbonyl (C=O) groups is 1. The van der Waals surface area contributed by atoms with E-state index in [0.29, 0.717) is 24.6 Å². The van der Waals surface area contributed by atoms with Gasteiger partial charge in [-0.25, -0.2) is 0 Å². The van der Waals surface area contributed by atoms with Crippen LogP contribution in [0.3, 0.4) is 0 Å². The van der Waals surface area contributed by atoms with Gasteiger partial charge in [-0.15, -0.1) is 0 Å². The molecular weight excluding hydrogens is 316 g/mol. The lowest BCUT2D eigenvalue weighted by Crippen LogP contribution is -2.30. The van der Waals surface area contributed by atoms with E-state index in [4.69, 9.17) is 0 Å². The average molecular weight is 340 g/mol. The molecular formula is C20H24N2O3. The van der Waals surface area contributed by atoms with Crippen molar-refractivity contribution in [3.05, 3.63) is 69.6 Å². The SMILES string of the molecule is CCn1ccc(C(=O)N2CC[C@H](Cc3cccc(CO)c3)C2)cc1=O. The molecule has 1 aliphatic heterocycles. The van der Waals surface area contributed by atoms with Gasteiger partial charge < -0.3 is 14.6 Å². The maximum atomic E-state index is 12.6. The van der Waals surface area contributed by atoms with Crippen LogP contribution in [-0.4, -0.2) is 33.6 Å². The smallest absolute Gasteiger partial charge is 0.254 e. The Hall–Kier alpha value is -2.40. The molecule has 1 aromatic heterocycles. The largest absolute Gasteiger partial charge is 0.392 e. The summed E-state index contributed by atoms with van der Waals surface area (Å²) < 4.78 is 1.58. The van der Waals surface area contributed by atoms with E-state index in [1.807, 2.05) is 30.0 Å². The van der Waals surface area contributed by atoms with Gasteiger partial charge in [-0.3, -0.25) is 9.59 Å². The van der Waals surface area contributed by atoms with E-state index >= 15 is 0 Å². The zero-order valence-electron chi connectivity index (χ0n) is 14.5. The molecule has 5 nitrogen and oxygen atoms in total. The third kappa shape index (κ3) is 3.99. The number of amides is 1. The van der Waals surface area contributed by atoms with E-state index < -0.39 is 0 Å². The number of benzene rings is 1. The number of hydrogen-bond donors (Lipinski definition) is 1. The van der Waals surface area contributed by atoms with Crippen LogP contribution in [0.2, 0.25) is 0 Å². The lowest BCUT2D eigenvalue weighted by atomic mass is 9.97. The molecule has 1 atom stereocenters.